The van der Waals surface area contributed by atoms with Gasteiger partial charge in [0.05, 0.1) is 11.4 Å². The third-order valence-corrected chi connectivity index (χ3v) is 11.3. The van der Waals surface area contributed by atoms with Crippen LogP contribution in [0.3, 0.4) is 0 Å². The molecule has 2 aliphatic heterocycles. The fourth-order valence-corrected chi connectivity index (χ4v) is 11.2. The highest BCUT2D eigenvalue weighted by Crippen LogP contribution is 2.35. The minimum Gasteiger partial charge on any atom is -0.256 e. The third-order valence-electron chi connectivity index (χ3n) is 6.53. The van der Waals surface area contributed by atoms with Crippen LogP contribution < -0.4 is 20.7 Å². The zero-order chi connectivity index (χ0) is 19.9. The SMILES string of the molecule is Cc1ccc2c(c1)[Si]1(c3cc(C)ccc3-c3ncc(C)cc31)c1cc(C)cnc1-2. The van der Waals surface area contributed by atoms with Gasteiger partial charge in [-0.2, -0.15) is 0 Å². The molecular formula is C26H22N2Si. The van der Waals surface area contributed by atoms with Gasteiger partial charge in [0.15, 0.2) is 8.07 Å². The van der Waals surface area contributed by atoms with Gasteiger partial charge in [0.25, 0.3) is 0 Å². The predicted octanol–water partition coefficient (Wildman–Crippen LogP) is 3.05. The lowest BCUT2D eigenvalue weighted by Crippen LogP contribution is -2.71. The van der Waals surface area contributed by atoms with Crippen molar-refractivity contribution in [3.05, 3.63) is 83.2 Å². The van der Waals surface area contributed by atoms with Crippen LogP contribution in [0.25, 0.3) is 22.5 Å². The predicted molar refractivity (Wildman–Crippen MR) is 123 cm³/mol. The molecule has 0 N–H and O–H groups in total. The molecule has 0 unspecified atom stereocenters. The van der Waals surface area contributed by atoms with Gasteiger partial charge < -0.3 is 0 Å². The van der Waals surface area contributed by atoms with Crippen LogP contribution >= 0.6 is 0 Å². The van der Waals surface area contributed by atoms with Crippen molar-refractivity contribution in [2.45, 2.75) is 27.7 Å². The zero-order valence-electron chi connectivity index (χ0n) is 17.2. The Morgan fingerprint density at radius 1 is 0.517 bits per heavy atom. The van der Waals surface area contributed by atoms with E-state index in [2.05, 4.69) is 76.2 Å². The van der Waals surface area contributed by atoms with Crippen molar-refractivity contribution in [3.63, 3.8) is 0 Å². The molecule has 0 amide bonds. The van der Waals surface area contributed by atoms with Crippen molar-refractivity contribution < 1.29 is 0 Å². The molecule has 0 bridgehead atoms. The van der Waals surface area contributed by atoms with Crippen molar-refractivity contribution in [3.8, 4) is 22.5 Å². The second-order valence-corrected chi connectivity index (χ2v) is 12.3. The summed E-state index contributed by atoms with van der Waals surface area (Å²) in [5, 5.41) is 5.81. The van der Waals surface area contributed by atoms with Gasteiger partial charge in [0.1, 0.15) is 0 Å². The topological polar surface area (TPSA) is 25.8 Å². The Labute approximate surface area is 172 Å². The minimum absolute atomic E-state index is 1.17. The quantitative estimate of drug-likeness (QED) is 0.373. The summed E-state index contributed by atoms with van der Waals surface area (Å²) < 4.78 is 0. The van der Waals surface area contributed by atoms with E-state index in [1.807, 2.05) is 12.4 Å². The maximum absolute atomic E-state index is 4.95. The largest absolute Gasteiger partial charge is 0.256 e. The number of aromatic nitrogens is 2. The summed E-state index contributed by atoms with van der Waals surface area (Å²) in [4.78, 5) is 9.91. The van der Waals surface area contributed by atoms with Gasteiger partial charge in [-0.3, -0.25) is 9.97 Å². The first-order valence-corrected chi connectivity index (χ1v) is 12.2. The highest BCUT2D eigenvalue weighted by Gasteiger charge is 2.55. The van der Waals surface area contributed by atoms with Gasteiger partial charge >= 0.3 is 0 Å². The Balaban J connectivity index is 1.88. The maximum Gasteiger partial charge on any atom is 0.185 e. The Kier molecular flexibility index (Phi) is 3.21. The van der Waals surface area contributed by atoms with Crippen LogP contribution in [0.4, 0.5) is 0 Å². The summed E-state index contributed by atoms with van der Waals surface area (Å²) in [6, 6.07) is 18.6. The first-order chi connectivity index (χ1) is 14.0. The van der Waals surface area contributed by atoms with Crippen LogP contribution in [0.1, 0.15) is 22.3 Å². The Morgan fingerprint density at radius 3 is 1.38 bits per heavy atom. The monoisotopic (exact) mass is 390 g/mol. The van der Waals surface area contributed by atoms with Crippen molar-refractivity contribution >= 4 is 28.8 Å². The first kappa shape index (κ1) is 16.9. The molecule has 6 rings (SSSR count). The van der Waals surface area contributed by atoms with Gasteiger partial charge in [-0.15, -0.1) is 0 Å². The minimum atomic E-state index is -2.40. The van der Waals surface area contributed by atoms with E-state index in [9.17, 15) is 0 Å². The van der Waals surface area contributed by atoms with Crippen LogP contribution in [0.15, 0.2) is 60.9 Å². The van der Waals surface area contributed by atoms with E-state index >= 15 is 0 Å². The molecule has 1 spiro atoms. The molecule has 29 heavy (non-hydrogen) atoms. The highest BCUT2D eigenvalue weighted by atomic mass is 28.3. The summed E-state index contributed by atoms with van der Waals surface area (Å²) in [7, 11) is -2.40. The molecule has 0 saturated carbocycles. The fourth-order valence-electron chi connectivity index (χ4n) is 5.36. The number of fused-ring (bicyclic) bond motifs is 10. The van der Waals surface area contributed by atoms with Gasteiger partial charge in [0, 0.05) is 23.5 Å². The summed E-state index contributed by atoms with van der Waals surface area (Å²) >= 11 is 0. The first-order valence-electron chi connectivity index (χ1n) is 10.2. The number of hydrogen-bond donors (Lipinski definition) is 0. The molecule has 0 fully saturated rings. The lowest BCUT2D eigenvalue weighted by molar-refractivity contribution is 1.29. The van der Waals surface area contributed by atoms with E-state index < -0.39 is 8.07 Å². The van der Waals surface area contributed by atoms with Crippen molar-refractivity contribution in [1.29, 1.82) is 0 Å². The zero-order valence-corrected chi connectivity index (χ0v) is 18.2. The molecule has 2 aromatic carbocycles. The number of pyridine rings is 2. The summed E-state index contributed by atoms with van der Waals surface area (Å²) in [5.41, 5.74) is 10.0. The standard InChI is InChI=1S/C26H22N2Si/c1-15-5-7-19-21(9-15)29(23-11-17(3)13-27-25(19)23)22-10-16(2)6-8-20(22)26-24(29)12-18(4)14-28-26/h5-14H,1-4H3. The van der Waals surface area contributed by atoms with E-state index in [0.29, 0.717) is 0 Å². The summed E-state index contributed by atoms with van der Waals surface area (Å²) in [6.45, 7) is 8.72. The van der Waals surface area contributed by atoms with Crippen LogP contribution in [0.2, 0.25) is 0 Å². The van der Waals surface area contributed by atoms with Crippen molar-refractivity contribution in [1.82, 2.24) is 9.97 Å². The molecule has 4 heterocycles. The Bertz CT molecular complexity index is 1140. The fraction of sp³-hybridized carbons (Fsp3) is 0.154. The Hall–Kier alpha value is -3.04. The van der Waals surface area contributed by atoms with Crippen molar-refractivity contribution in [2.75, 3.05) is 0 Å². The molecule has 140 valence electrons. The molecule has 3 heteroatoms. The van der Waals surface area contributed by atoms with Crippen LogP contribution in [0, 0.1) is 27.7 Å². The molecular weight excluding hydrogens is 368 g/mol. The number of aryl methyl sites for hydroxylation is 4. The number of hydrogen-bond acceptors (Lipinski definition) is 2. The average Bonchev–Trinajstić information content (AvgIpc) is 3.13. The van der Waals surface area contributed by atoms with E-state index in [1.165, 1.54) is 65.5 Å². The second kappa shape index (κ2) is 5.52. The van der Waals surface area contributed by atoms with E-state index in [0.717, 1.165) is 0 Å². The number of rotatable bonds is 0. The van der Waals surface area contributed by atoms with Crippen LogP contribution in [-0.4, -0.2) is 18.0 Å². The lowest BCUT2D eigenvalue weighted by atomic mass is 10.1. The van der Waals surface area contributed by atoms with Gasteiger partial charge in [-0.25, -0.2) is 0 Å². The smallest absolute Gasteiger partial charge is 0.185 e. The molecule has 0 saturated heterocycles. The lowest BCUT2D eigenvalue weighted by Gasteiger charge is -2.28. The van der Waals surface area contributed by atoms with Gasteiger partial charge in [-0.05, 0) is 59.6 Å². The number of nitrogens with zero attached hydrogens (tertiary/aromatic N) is 2. The third kappa shape index (κ3) is 2.01. The van der Waals surface area contributed by atoms with Crippen LogP contribution in [-0.2, 0) is 0 Å². The van der Waals surface area contributed by atoms with Crippen molar-refractivity contribution in [2.24, 2.45) is 0 Å². The van der Waals surface area contributed by atoms with E-state index in [1.54, 1.807) is 0 Å². The average molecular weight is 391 g/mol. The highest BCUT2D eigenvalue weighted by molar-refractivity contribution is 7.24. The molecule has 0 aliphatic carbocycles. The Morgan fingerprint density at radius 2 is 0.931 bits per heavy atom. The normalized spacial score (nSPS) is 14.5. The maximum atomic E-state index is 4.95. The second-order valence-electron chi connectivity index (χ2n) is 8.67. The summed E-state index contributed by atoms with van der Waals surface area (Å²) in [5.74, 6) is 0. The summed E-state index contributed by atoms with van der Waals surface area (Å²) in [6.07, 6.45) is 4.02. The molecule has 2 aromatic heterocycles. The van der Waals surface area contributed by atoms with Crippen LogP contribution in [0.5, 0.6) is 0 Å². The van der Waals surface area contributed by atoms with Gasteiger partial charge in [-0.1, -0.05) is 59.7 Å². The molecule has 0 radical (unpaired) electrons. The van der Waals surface area contributed by atoms with E-state index in [-0.39, 0.29) is 0 Å². The van der Waals surface area contributed by atoms with Gasteiger partial charge in [0.2, 0.25) is 0 Å². The molecule has 2 nitrogen and oxygen atoms in total. The molecule has 0 atom stereocenters. The number of benzene rings is 2. The van der Waals surface area contributed by atoms with E-state index in [4.69, 9.17) is 9.97 Å². The molecule has 4 aromatic rings. The molecule has 2 aliphatic rings.